The van der Waals surface area contributed by atoms with Crippen LogP contribution in [0.1, 0.15) is 54.3 Å². The molecule has 2 N–H and O–H groups in total. The monoisotopic (exact) mass is 447 g/mol. The van der Waals surface area contributed by atoms with Gasteiger partial charge in [0.2, 0.25) is 10.0 Å². The lowest BCUT2D eigenvalue weighted by Crippen LogP contribution is -2.27. The second-order valence-electron chi connectivity index (χ2n) is 7.73. The zero-order valence-corrected chi connectivity index (χ0v) is 18.3. The van der Waals surface area contributed by atoms with E-state index >= 15 is 0 Å². The van der Waals surface area contributed by atoms with E-state index in [0.29, 0.717) is 5.56 Å². The number of amides is 1. The summed E-state index contributed by atoms with van der Waals surface area (Å²) < 4.78 is 52.8. The predicted molar refractivity (Wildman–Crippen MR) is 117 cm³/mol. The SMILES string of the molecule is CC(C)c1ccc2cc(C(=O)N[C@@H](C)c3cc(F)c(NS(C)(=O)=O)c(F)c3)ccc2n1. The van der Waals surface area contributed by atoms with Crippen LogP contribution in [0.25, 0.3) is 10.9 Å². The van der Waals surface area contributed by atoms with Crippen molar-refractivity contribution in [1.29, 1.82) is 0 Å². The molecule has 1 amide bonds. The minimum atomic E-state index is -3.84. The Labute approximate surface area is 179 Å². The molecule has 0 aliphatic rings. The number of hydrogen-bond donors (Lipinski definition) is 2. The first kappa shape index (κ1) is 22.6. The molecule has 31 heavy (non-hydrogen) atoms. The Hall–Kier alpha value is -3.07. The van der Waals surface area contributed by atoms with E-state index in [-0.39, 0.29) is 11.5 Å². The van der Waals surface area contributed by atoms with E-state index in [9.17, 15) is 22.0 Å². The van der Waals surface area contributed by atoms with Gasteiger partial charge in [-0.3, -0.25) is 14.5 Å². The highest BCUT2D eigenvalue weighted by atomic mass is 32.2. The summed E-state index contributed by atoms with van der Waals surface area (Å²) in [5.41, 5.74) is 1.51. The third-order valence-electron chi connectivity index (χ3n) is 4.76. The molecule has 0 bridgehead atoms. The van der Waals surface area contributed by atoms with Crippen molar-refractivity contribution in [3.05, 3.63) is 70.9 Å². The first-order valence-corrected chi connectivity index (χ1v) is 11.5. The molecule has 6 nitrogen and oxygen atoms in total. The maximum Gasteiger partial charge on any atom is 0.251 e. The fourth-order valence-electron chi connectivity index (χ4n) is 3.09. The predicted octanol–water partition coefficient (Wildman–Crippen LogP) is 4.50. The molecule has 1 aromatic heterocycles. The number of carbonyl (C=O) groups is 1. The lowest BCUT2D eigenvalue weighted by molar-refractivity contribution is 0.0940. The zero-order chi connectivity index (χ0) is 22.9. The van der Waals surface area contributed by atoms with Crippen molar-refractivity contribution in [2.24, 2.45) is 0 Å². The Bertz CT molecular complexity index is 1240. The molecule has 0 saturated heterocycles. The largest absolute Gasteiger partial charge is 0.346 e. The van der Waals surface area contributed by atoms with Crippen LogP contribution in [0.2, 0.25) is 0 Å². The zero-order valence-electron chi connectivity index (χ0n) is 17.5. The van der Waals surface area contributed by atoms with Gasteiger partial charge >= 0.3 is 0 Å². The van der Waals surface area contributed by atoms with Crippen molar-refractivity contribution in [2.45, 2.75) is 32.7 Å². The molecular formula is C22H23F2N3O3S. The molecular weight excluding hydrogens is 424 g/mol. The summed E-state index contributed by atoms with van der Waals surface area (Å²) >= 11 is 0. The van der Waals surface area contributed by atoms with E-state index in [1.54, 1.807) is 25.1 Å². The number of fused-ring (bicyclic) bond motifs is 1. The Morgan fingerprint density at radius 1 is 1.00 bits per heavy atom. The minimum Gasteiger partial charge on any atom is -0.346 e. The number of sulfonamides is 1. The highest BCUT2D eigenvalue weighted by Crippen LogP contribution is 2.25. The van der Waals surface area contributed by atoms with Crippen LogP contribution in [0.15, 0.2) is 42.5 Å². The summed E-state index contributed by atoms with van der Waals surface area (Å²) in [4.78, 5) is 17.2. The number of pyridine rings is 1. The van der Waals surface area contributed by atoms with Crippen molar-refractivity contribution in [2.75, 3.05) is 11.0 Å². The molecule has 164 valence electrons. The second kappa shape index (κ2) is 8.58. The maximum absolute atomic E-state index is 14.2. The van der Waals surface area contributed by atoms with Crippen LogP contribution in [0.4, 0.5) is 14.5 Å². The van der Waals surface area contributed by atoms with Gasteiger partial charge in [-0.2, -0.15) is 0 Å². The third-order valence-corrected chi connectivity index (χ3v) is 5.34. The van der Waals surface area contributed by atoms with Crippen LogP contribution in [0.3, 0.4) is 0 Å². The Morgan fingerprint density at radius 3 is 2.23 bits per heavy atom. The molecule has 0 radical (unpaired) electrons. The lowest BCUT2D eigenvalue weighted by Gasteiger charge is -2.16. The van der Waals surface area contributed by atoms with Crippen LogP contribution in [0.5, 0.6) is 0 Å². The third kappa shape index (κ3) is 5.35. The fourth-order valence-corrected chi connectivity index (χ4v) is 3.66. The fraction of sp³-hybridized carbons (Fsp3) is 0.273. The van der Waals surface area contributed by atoms with Crippen molar-refractivity contribution in [3.8, 4) is 0 Å². The summed E-state index contributed by atoms with van der Waals surface area (Å²) in [7, 11) is -3.84. The standard InChI is InChI=1S/C22H23F2N3O3S/c1-12(2)19-7-5-14-9-15(6-8-20(14)26-19)22(28)25-13(3)16-10-17(23)21(18(24)11-16)27-31(4,29)30/h5-13,27H,1-4H3,(H,25,28)/t13-/m0/s1. The average Bonchev–Trinajstić information content (AvgIpc) is 2.68. The lowest BCUT2D eigenvalue weighted by atomic mass is 10.0. The van der Waals surface area contributed by atoms with E-state index in [1.807, 2.05) is 30.7 Å². The van der Waals surface area contributed by atoms with E-state index in [0.717, 1.165) is 35.0 Å². The van der Waals surface area contributed by atoms with Gasteiger partial charge in [0.25, 0.3) is 5.91 Å². The molecule has 0 fully saturated rings. The van der Waals surface area contributed by atoms with Gasteiger partial charge in [-0.15, -0.1) is 0 Å². The average molecular weight is 448 g/mol. The van der Waals surface area contributed by atoms with Gasteiger partial charge in [0.1, 0.15) is 5.69 Å². The smallest absolute Gasteiger partial charge is 0.251 e. The van der Waals surface area contributed by atoms with E-state index < -0.39 is 39.3 Å². The first-order valence-electron chi connectivity index (χ1n) is 9.63. The molecule has 0 saturated carbocycles. The Balaban J connectivity index is 1.81. The summed E-state index contributed by atoms with van der Waals surface area (Å²) in [5, 5.41) is 3.50. The van der Waals surface area contributed by atoms with Crippen LogP contribution in [-0.4, -0.2) is 25.6 Å². The topological polar surface area (TPSA) is 88.2 Å². The number of carbonyl (C=O) groups excluding carboxylic acids is 1. The van der Waals surface area contributed by atoms with Gasteiger partial charge in [-0.1, -0.05) is 19.9 Å². The van der Waals surface area contributed by atoms with Crippen molar-refractivity contribution in [1.82, 2.24) is 10.3 Å². The summed E-state index contributed by atoms with van der Waals surface area (Å²) in [5.74, 6) is -2.27. The van der Waals surface area contributed by atoms with Crippen LogP contribution >= 0.6 is 0 Å². The highest BCUT2D eigenvalue weighted by molar-refractivity contribution is 7.92. The molecule has 2 aromatic carbocycles. The number of hydrogen-bond acceptors (Lipinski definition) is 4. The summed E-state index contributed by atoms with van der Waals surface area (Å²) in [6.07, 6.45) is 0.797. The molecule has 0 unspecified atom stereocenters. The normalized spacial score (nSPS) is 12.7. The number of anilines is 1. The number of nitrogens with one attached hydrogen (secondary N) is 2. The van der Waals surface area contributed by atoms with E-state index in [1.165, 1.54) is 0 Å². The summed E-state index contributed by atoms with van der Waals surface area (Å²) in [6, 6.07) is 10.2. The molecule has 0 aliphatic carbocycles. The number of rotatable bonds is 6. The number of halogens is 2. The molecule has 0 aliphatic heterocycles. The molecule has 1 atom stereocenters. The van der Waals surface area contributed by atoms with Crippen molar-refractivity contribution < 1.29 is 22.0 Å². The van der Waals surface area contributed by atoms with Gasteiger partial charge in [-0.05, 0) is 54.8 Å². The molecule has 0 spiro atoms. The Morgan fingerprint density at radius 2 is 1.65 bits per heavy atom. The molecule has 1 heterocycles. The van der Waals surface area contributed by atoms with E-state index in [2.05, 4.69) is 10.3 Å². The first-order chi connectivity index (χ1) is 14.4. The number of nitrogens with zero attached hydrogens (tertiary/aromatic N) is 1. The Kier molecular flexibility index (Phi) is 6.26. The van der Waals surface area contributed by atoms with E-state index in [4.69, 9.17) is 0 Å². The van der Waals surface area contributed by atoms with Gasteiger partial charge in [0.05, 0.1) is 17.8 Å². The van der Waals surface area contributed by atoms with Gasteiger partial charge in [-0.25, -0.2) is 17.2 Å². The quantitative estimate of drug-likeness (QED) is 0.582. The van der Waals surface area contributed by atoms with Gasteiger partial charge in [0.15, 0.2) is 11.6 Å². The van der Waals surface area contributed by atoms with Crippen LogP contribution in [-0.2, 0) is 10.0 Å². The molecule has 9 heteroatoms. The molecule has 3 aromatic rings. The van der Waals surface area contributed by atoms with Crippen molar-refractivity contribution >= 4 is 32.5 Å². The summed E-state index contributed by atoms with van der Waals surface area (Å²) in [6.45, 7) is 5.67. The maximum atomic E-state index is 14.2. The second-order valence-corrected chi connectivity index (χ2v) is 9.48. The van der Waals surface area contributed by atoms with Crippen LogP contribution < -0.4 is 10.0 Å². The van der Waals surface area contributed by atoms with Gasteiger partial charge < -0.3 is 5.32 Å². The van der Waals surface area contributed by atoms with Crippen molar-refractivity contribution in [3.63, 3.8) is 0 Å². The minimum absolute atomic E-state index is 0.159. The highest BCUT2D eigenvalue weighted by Gasteiger charge is 2.19. The molecule has 3 rings (SSSR count). The van der Waals surface area contributed by atoms with Gasteiger partial charge in [0, 0.05) is 16.6 Å². The van der Waals surface area contributed by atoms with Crippen LogP contribution in [0, 0.1) is 11.6 Å². The number of benzene rings is 2. The number of aromatic nitrogens is 1.